The van der Waals surface area contributed by atoms with Crippen LogP contribution < -0.4 is 5.32 Å². The number of nitrogens with zero attached hydrogens (tertiary/aromatic N) is 1. The second-order valence-corrected chi connectivity index (χ2v) is 6.59. The standard InChI is InChI=1S/C17H20N2OS/c1-3-11(2)12-4-6-13(7-5-12)15-10-21-17(18-15)19-16(20)14-8-9-14/h4-7,10-11,14H,3,8-9H2,1-2H3,(H,18,19,20)/t11-/m1/s1. The van der Waals surface area contributed by atoms with Crippen LogP contribution in [0, 0.1) is 5.92 Å². The van der Waals surface area contributed by atoms with Crippen LogP contribution in [0.2, 0.25) is 0 Å². The number of hydrogen-bond donors (Lipinski definition) is 1. The zero-order valence-corrected chi connectivity index (χ0v) is 13.2. The van der Waals surface area contributed by atoms with Gasteiger partial charge in [-0.1, -0.05) is 38.1 Å². The molecule has 1 aromatic heterocycles. The number of thiazole rings is 1. The molecular weight excluding hydrogens is 280 g/mol. The quantitative estimate of drug-likeness (QED) is 0.871. The first-order valence-electron chi connectivity index (χ1n) is 7.54. The first kappa shape index (κ1) is 14.3. The third kappa shape index (κ3) is 3.32. The molecule has 0 aliphatic heterocycles. The van der Waals surface area contributed by atoms with E-state index in [9.17, 15) is 4.79 Å². The van der Waals surface area contributed by atoms with Crippen LogP contribution in [0.5, 0.6) is 0 Å². The summed E-state index contributed by atoms with van der Waals surface area (Å²) in [5, 5.41) is 5.60. The summed E-state index contributed by atoms with van der Waals surface area (Å²) in [6, 6.07) is 8.57. The van der Waals surface area contributed by atoms with Crippen LogP contribution in [-0.2, 0) is 4.79 Å². The lowest BCUT2D eigenvalue weighted by Crippen LogP contribution is -2.12. The van der Waals surface area contributed by atoms with Gasteiger partial charge in [-0.05, 0) is 30.7 Å². The molecule has 110 valence electrons. The molecule has 0 bridgehead atoms. The Labute approximate surface area is 129 Å². The minimum absolute atomic E-state index is 0.114. The van der Waals surface area contributed by atoms with Crippen molar-refractivity contribution in [2.45, 2.75) is 39.0 Å². The zero-order chi connectivity index (χ0) is 14.8. The summed E-state index contributed by atoms with van der Waals surface area (Å²) < 4.78 is 0. The van der Waals surface area contributed by atoms with E-state index in [0.717, 1.165) is 30.5 Å². The van der Waals surface area contributed by atoms with Gasteiger partial charge in [0.2, 0.25) is 5.91 Å². The average molecular weight is 300 g/mol. The van der Waals surface area contributed by atoms with Crippen molar-refractivity contribution in [1.82, 2.24) is 4.98 Å². The average Bonchev–Trinajstić information content (AvgIpc) is 3.27. The molecule has 0 unspecified atom stereocenters. The van der Waals surface area contributed by atoms with Crippen LogP contribution in [-0.4, -0.2) is 10.9 Å². The van der Waals surface area contributed by atoms with Crippen molar-refractivity contribution in [2.75, 3.05) is 5.32 Å². The number of aromatic nitrogens is 1. The summed E-state index contributed by atoms with van der Waals surface area (Å²) in [5.41, 5.74) is 3.39. The molecule has 1 aliphatic carbocycles. The highest BCUT2D eigenvalue weighted by molar-refractivity contribution is 7.14. The van der Waals surface area contributed by atoms with Gasteiger partial charge in [0.15, 0.2) is 5.13 Å². The molecule has 3 rings (SSSR count). The van der Waals surface area contributed by atoms with Crippen LogP contribution >= 0.6 is 11.3 Å². The van der Waals surface area contributed by atoms with Crippen molar-refractivity contribution in [1.29, 1.82) is 0 Å². The third-order valence-electron chi connectivity index (χ3n) is 4.07. The first-order chi connectivity index (χ1) is 10.2. The number of rotatable bonds is 5. The van der Waals surface area contributed by atoms with Crippen LogP contribution in [0.1, 0.15) is 44.6 Å². The molecule has 4 heteroatoms. The van der Waals surface area contributed by atoms with E-state index in [1.54, 1.807) is 0 Å². The molecule has 21 heavy (non-hydrogen) atoms. The number of amides is 1. The zero-order valence-electron chi connectivity index (χ0n) is 12.4. The number of benzene rings is 1. The minimum atomic E-state index is 0.114. The smallest absolute Gasteiger partial charge is 0.229 e. The summed E-state index contributed by atoms with van der Waals surface area (Å²) in [6.07, 6.45) is 3.18. The maximum atomic E-state index is 11.7. The molecule has 1 aromatic carbocycles. The normalized spacial score (nSPS) is 15.7. The van der Waals surface area contributed by atoms with E-state index in [1.807, 2.05) is 5.38 Å². The van der Waals surface area contributed by atoms with Gasteiger partial charge in [-0.25, -0.2) is 4.98 Å². The Morgan fingerprint density at radius 2 is 2.10 bits per heavy atom. The van der Waals surface area contributed by atoms with Crippen molar-refractivity contribution in [3.8, 4) is 11.3 Å². The predicted octanol–water partition coefficient (Wildman–Crippen LogP) is 4.67. The van der Waals surface area contributed by atoms with E-state index >= 15 is 0 Å². The summed E-state index contributed by atoms with van der Waals surface area (Å²) >= 11 is 1.49. The molecule has 1 atom stereocenters. The number of carbonyl (C=O) groups is 1. The summed E-state index contributed by atoms with van der Waals surface area (Å²) in [7, 11) is 0. The highest BCUT2D eigenvalue weighted by atomic mass is 32.1. The second-order valence-electron chi connectivity index (χ2n) is 5.73. The topological polar surface area (TPSA) is 42.0 Å². The Morgan fingerprint density at radius 3 is 2.71 bits per heavy atom. The summed E-state index contributed by atoms with van der Waals surface area (Å²) in [4.78, 5) is 16.2. The molecule has 1 aliphatic rings. The van der Waals surface area contributed by atoms with Gasteiger partial charge in [-0.15, -0.1) is 11.3 Å². The fraction of sp³-hybridized carbons (Fsp3) is 0.412. The SMILES string of the molecule is CC[C@@H](C)c1ccc(-c2csc(NC(=O)C3CC3)n2)cc1. The molecule has 1 N–H and O–H groups in total. The van der Waals surface area contributed by atoms with Gasteiger partial charge in [-0.3, -0.25) is 4.79 Å². The van der Waals surface area contributed by atoms with Gasteiger partial charge in [-0.2, -0.15) is 0 Å². The van der Waals surface area contributed by atoms with Crippen LogP contribution in [0.4, 0.5) is 5.13 Å². The Bertz CT molecular complexity index is 628. The molecule has 1 fully saturated rings. The maximum Gasteiger partial charge on any atom is 0.229 e. The van der Waals surface area contributed by atoms with Gasteiger partial charge in [0.05, 0.1) is 5.69 Å². The predicted molar refractivity (Wildman–Crippen MR) is 87.6 cm³/mol. The molecule has 1 amide bonds. The molecule has 1 heterocycles. The van der Waals surface area contributed by atoms with E-state index in [1.165, 1.54) is 16.9 Å². The second kappa shape index (κ2) is 5.98. The highest BCUT2D eigenvalue weighted by Crippen LogP contribution is 2.32. The number of nitrogens with one attached hydrogen (secondary N) is 1. The molecule has 0 spiro atoms. The Kier molecular flexibility index (Phi) is 4.06. The highest BCUT2D eigenvalue weighted by Gasteiger charge is 2.30. The van der Waals surface area contributed by atoms with Crippen LogP contribution in [0.15, 0.2) is 29.6 Å². The van der Waals surface area contributed by atoms with Crippen LogP contribution in [0.25, 0.3) is 11.3 Å². The van der Waals surface area contributed by atoms with E-state index in [4.69, 9.17) is 0 Å². The molecule has 1 saturated carbocycles. The van der Waals surface area contributed by atoms with E-state index < -0.39 is 0 Å². The van der Waals surface area contributed by atoms with E-state index in [2.05, 4.69) is 48.4 Å². The Balaban J connectivity index is 1.71. The van der Waals surface area contributed by atoms with Gasteiger partial charge in [0.1, 0.15) is 0 Å². The van der Waals surface area contributed by atoms with Crippen molar-refractivity contribution in [2.24, 2.45) is 5.92 Å². The summed E-state index contributed by atoms with van der Waals surface area (Å²) in [6.45, 7) is 4.44. The minimum Gasteiger partial charge on any atom is -0.302 e. The van der Waals surface area contributed by atoms with Gasteiger partial charge in [0.25, 0.3) is 0 Å². The van der Waals surface area contributed by atoms with Gasteiger partial charge >= 0.3 is 0 Å². The van der Waals surface area contributed by atoms with E-state index in [0.29, 0.717) is 11.0 Å². The molecule has 3 nitrogen and oxygen atoms in total. The molecule has 0 saturated heterocycles. The maximum absolute atomic E-state index is 11.7. The fourth-order valence-electron chi connectivity index (χ4n) is 2.23. The van der Waals surface area contributed by atoms with Crippen molar-refractivity contribution >= 4 is 22.4 Å². The van der Waals surface area contributed by atoms with Crippen LogP contribution in [0.3, 0.4) is 0 Å². The molecular formula is C17H20N2OS. The molecule has 2 aromatic rings. The number of carbonyl (C=O) groups excluding carboxylic acids is 1. The van der Waals surface area contributed by atoms with Crippen molar-refractivity contribution < 1.29 is 4.79 Å². The number of anilines is 1. The fourth-order valence-corrected chi connectivity index (χ4v) is 2.96. The van der Waals surface area contributed by atoms with Crippen molar-refractivity contribution in [3.05, 3.63) is 35.2 Å². The largest absolute Gasteiger partial charge is 0.302 e. The first-order valence-corrected chi connectivity index (χ1v) is 8.42. The van der Waals surface area contributed by atoms with E-state index in [-0.39, 0.29) is 11.8 Å². The molecule has 0 radical (unpaired) electrons. The Hall–Kier alpha value is -1.68. The summed E-state index contributed by atoms with van der Waals surface area (Å²) in [5.74, 6) is 0.915. The van der Waals surface area contributed by atoms with Gasteiger partial charge in [0, 0.05) is 16.9 Å². The monoisotopic (exact) mass is 300 g/mol. The number of hydrogen-bond acceptors (Lipinski definition) is 3. The van der Waals surface area contributed by atoms with Crippen molar-refractivity contribution in [3.63, 3.8) is 0 Å². The lowest BCUT2D eigenvalue weighted by Gasteiger charge is -2.08. The lowest BCUT2D eigenvalue weighted by atomic mass is 9.97. The lowest BCUT2D eigenvalue weighted by molar-refractivity contribution is -0.117. The Morgan fingerprint density at radius 1 is 1.38 bits per heavy atom. The van der Waals surface area contributed by atoms with Gasteiger partial charge < -0.3 is 5.32 Å². The third-order valence-corrected chi connectivity index (χ3v) is 4.83.